The molecule has 1 rings (SSSR count). The number of nitrogens with one attached hydrogen (secondary N) is 2. The van der Waals surface area contributed by atoms with Crippen molar-refractivity contribution < 1.29 is 4.79 Å². The smallest absolute Gasteiger partial charge is 0.230 e. The standard InChI is InChI=1S/C12H17ClN2OS.ClH/c1-9(14-2)7-15-12(16)8-17-11-6-4-3-5-10(11)13;/h3-6,9,14H,7-8H2,1-2H3,(H,15,16);1H. The van der Waals surface area contributed by atoms with Gasteiger partial charge in [-0.1, -0.05) is 23.7 Å². The molecule has 1 aromatic carbocycles. The summed E-state index contributed by atoms with van der Waals surface area (Å²) in [5.74, 6) is 0.414. The van der Waals surface area contributed by atoms with Gasteiger partial charge in [-0.15, -0.1) is 24.2 Å². The van der Waals surface area contributed by atoms with Crippen LogP contribution in [-0.4, -0.2) is 31.3 Å². The van der Waals surface area contributed by atoms with Gasteiger partial charge in [0.1, 0.15) is 0 Å². The second-order valence-electron chi connectivity index (χ2n) is 3.71. The molecule has 2 N–H and O–H groups in total. The van der Waals surface area contributed by atoms with E-state index in [1.54, 1.807) is 0 Å². The number of benzene rings is 1. The Balaban J connectivity index is 0.00000289. The maximum atomic E-state index is 11.5. The monoisotopic (exact) mass is 308 g/mol. The van der Waals surface area contributed by atoms with Crippen LogP contribution in [0.1, 0.15) is 6.92 Å². The van der Waals surface area contributed by atoms with E-state index in [0.717, 1.165) is 4.90 Å². The van der Waals surface area contributed by atoms with Crippen LogP contribution in [0.5, 0.6) is 0 Å². The Morgan fingerprint density at radius 3 is 2.72 bits per heavy atom. The molecule has 1 amide bonds. The SMILES string of the molecule is CNC(C)CNC(=O)CSc1ccccc1Cl.Cl. The average Bonchev–Trinajstić information content (AvgIpc) is 2.35. The zero-order valence-corrected chi connectivity index (χ0v) is 12.8. The molecule has 0 saturated heterocycles. The van der Waals surface area contributed by atoms with Crippen molar-refractivity contribution in [3.8, 4) is 0 Å². The zero-order valence-electron chi connectivity index (χ0n) is 10.4. The fourth-order valence-electron chi connectivity index (χ4n) is 1.13. The van der Waals surface area contributed by atoms with Gasteiger partial charge in [-0.05, 0) is 26.1 Å². The number of hydrogen-bond acceptors (Lipinski definition) is 3. The van der Waals surface area contributed by atoms with E-state index < -0.39 is 0 Å². The van der Waals surface area contributed by atoms with E-state index >= 15 is 0 Å². The quantitative estimate of drug-likeness (QED) is 0.794. The highest BCUT2D eigenvalue weighted by Crippen LogP contribution is 2.26. The molecule has 1 aromatic rings. The van der Waals surface area contributed by atoms with Gasteiger partial charge in [-0.25, -0.2) is 0 Å². The fraction of sp³-hybridized carbons (Fsp3) is 0.417. The molecule has 6 heteroatoms. The summed E-state index contributed by atoms with van der Waals surface area (Å²) in [6.45, 7) is 2.65. The summed E-state index contributed by atoms with van der Waals surface area (Å²) >= 11 is 7.45. The predicted molar refractivity (Wildman–Crippen MR) is 81.0 cm³/mol. The van der Waals surface area contributed by atoms with Crippen molar-refractivity contribution >= 4 is 41.7 Å². The van der Waals surface area contributed by atoms with Crippen molar-refractivity contribution in [3.05, 3.63) is 29.3 Å². The molecular formula is C12H18Cl2N2OS. The molecule has 18 heavy (non-hydrogen) atoms. The number of halogens is 2. The van der Waals surface area contributed by atoms with Crippen LogP contribution in [-0.2, 0) is 4.79 Å². The fourth-order valence-corrected chi connectivity index (χ4v) is 2.19. The van der Waals surface area contributed by atoms with Crippen molar-refractivity contribution in [1.82, 2.24) is 10.6 Å². The summed E-state index contributed by atoms with van der Waals surface area (Å²) in [4.78, 5) is 12.5. The van der Waals surface area contributed by atoms with Crippen molar-refractivity contribution in [3.63, 3.8) is 0 Å². The van der Waals surface area contributed by atoms with Crippen LogP contribution in [0.25, 0.3) is 0 Å². The van der Waals surface area contributed by atoms with E-state index in [1.807, 2.05) is 38.2 Å². The molecule has 0 spiro atoms. The minimum absolute atomic E-state index is 0. The Hall–Kier alpha value is -0.420. The highest BCUT2D eigenvalue weighted by Gasteiger charge is 2.06. The Labute approximate surface area is 123 Å². The number of amides is 1. The van der Waals surface area contributed by atoms with Gasteiger partial charge in [-0.2, -0.15) is 0 Å². The Kier molecular flexibility index (Phi) is 9.28. The first-order valence-electron chi connectivity index (χ1n) is 5.44. The third-order valence-electron chi connectivity index (χ3n) is 2.29. The van der Waals surface area contributed by atoms with E-state index in [9.17, 15) is 4.79 Å². The van der Waals surface area contributed by atoms with Crippen molar-refractivity contribution in [2.45, 2.75) is 17.9 Å². The molecule has 1 atom stereocenters. The van der Waals surface area contributed by atoms with Gasteiger partial charge in [0.2, 0.25) is 5.91 Å². The minimum atomic E-state index is 0. The number of carbonyl (C=O) groups is 1. The van der Waals surface area contributed by atoms with Crippen LogP contribution in [0, 0.1) is 0 Å². The largest absolute Gasteiger partial charge is 0.354 e. The van der Waals surface area contributed by atoms with E-state index in [1.165, 1.54) is 11.8 Å². The molecule has 0 heterocycles. The molecule has 0 saturated carbocycles. The lowest BCUT2D eigenvalue weighted by Gasteiger charge is -2.11. The minimum Gasteiger partial charge on any atom is -0.354 e. The molecule has 102 valence electrons. The van der Waals surface area contributed by atoms with E-state index in [0.29, 0.717) is 17.3 Å². The van der Waals surface area contributed by atoms with Gasteiger partial charge < -0.3 is 10.6 Å². The third kappa shape index (κ3) is 6.50. The van der Waals surface area contributed by atoms with E-state index in [2.05, 4.69) is 10.6 Å². The topological polar surface area (TPSA) is 41.1 Å². The first kappa shape index (κ1) is 17.6. The molecule has 0 aliphatic rings. The average molecular weight is 309 g/mol. The highest BCUT2D eigenvalue weighted by atomic mass is 35.5. The van der Waals surface area contributed by atoms with Crippen LogP contribution >= 0.6 is 35.8 Å². The maximum Gasteiger partial charge on any atom is 0.230 e. The van der Waals surface area contributed by atoms with Gasteiger partial charge in [0.15, 0.2) is 0 Å². The molecule has 0 aromatic heterocycles. The van der Waals surface area contributed by atoms with Crippen molar-refractivity contribution in [1.29, 1.82) is 0 Å². The van der Waals surface area contributed by atoms with Crippen LogP contribution < -0.4 is 10.6 Å². The van der Waals surface area contributed by atoms with Gasteiger partial charge in [0.05, 0.1) is 10.8 Å². The Morgan fingerprint density at radius 2 is 2.11 bits per heavy atom. The first-order valence-corrected chi connectivity index (χ1v) is 6.81. The summed E-state index contributed by atoms with van der Waals surface area (Å²) in [7, 11) is 1.87. The molecular weight excluding hydrogens is 291 g/mol. The van der Waals surface area contributed by atoms with Crippen LogP contribution in [0.2, 0.25) is 5.02 Å². The van der Waals surface area contributed by atoms with Gasteiger partial charge in [-0.3, -0.25) is 4.79 Å². The number of hydrogen-bond donors (Lipinski definition) is 2. The molecule has 0 fully saturated rings. The molecule has 0 aliphatic carbocycles. The summed E-state index contributed by atoms with van der Waals surface area (Å²) in [6, 6.07) is 7.81. The predicted octanol–water partition coefficient (Wildman–Crippen LogP) is 2.58. The second kappa shape index (κ2) is 9.50. The van der Waals surface area contributed by atoms with E-state index in [-0.39, 0.29) is 24.4 Å². The second-order valence-corrected chi connectivity index (χ2v) is 5.14. The first-order chi connectivity index (χ1) is 8.13. The maximum absolute atomic E-state index is 11.5. The number of carbonyl (C=O) groups excluding carboxylic acids is 1. The van der Waals surface area contributed by atoms with Gasteiger partial charge in [0, 0.05) is 17.5 Å². The number of rotatable bonds is 6. The lowest BCUT2D eigenvalue weighted by atomic mass is 10.3. The van der Waals surface area contributed by atoms with Crippen molar-refractivity contribution in [2.75, 3.05) is 19.3 Å². The molecule has 0 bridgehead atoms. The summed E-state index contributed by atoms with van der Waals surface area (Å²) in [6.07, 6.45) is 0. The molecule has 3 nitrogen and oxygen atoms in total. The normalized spacial score (nSPS) is 11.5. The molecule has 1 unspecified atom stereocenters. The van der Waals surface area contributed by atoms with Gasteiger partial charge in [0.25, 0.3) is 0 Å². The summed E-state index contributed by atoms with van der Waals surface area (Å²) in [5, 5.41) is 6.61. The van der Waals surface area contributed by atoms with Crippen LogP contribution in [0.4, 0.5) is 0 Å². The lowest BCUT2D eigenvalue weighted by molar-refractivity contribution is -0.118. The lowest BCUT2D eigenvalue weighted by Crippen LogP contribution is -2.37. The molecule has 0 aliphatic heterocycles. The zero-order chi connectivity index (χ0) is 12.7. The van der Waals surface area contributed by atoms with Gasteiger partial charge >= 0.3 is 0 Å². The van der Waals surface area contributed by atoms with Crippen molar-refractivity contribution in [2.24, 2.45) is 0 Å². The summed E-state index contributed by atoms with van der Waals surface area (Å²) in [5.41, 5.74) is 0. The highest BCUT2D eigenvalue weighted by molar-refractivity contribution is 8.00. The van der Waals surface area contributed by atoms with Crippen LogP contribution in [0.3, 0.4) is 0 Å². The van der Waals surface area contributed by atoms with Crippen LogP contribution in [0.15, 0.2) is 29.2 Å². The summed E-state index contributed by atoms with van der Waals surface area (Å²) < 4.78 is 0. The number of thioether (sulfide) groups is 1. The molecule has 0 radical (unpaired) electrons. The van der Waals surface area contributed by atoms with E-state index in [4.69, 9.17) is 11.6 Å². The Morgan fingerprint density at radius 1 is 1.44 bits per heavy atom. The Bertz CT molecular complexity index is 377. The third-order valence-corrected chi connectivity index (χ3v) is 3.81. The number of likely N-dealkylation sites (N-methyl/N-ethyl adjacent to an activating group) is 1.